The van der Waals surface area contributed by atoms with Gasteiger partial charge in [0.2, 0.25) is 5.43 Å². The van der Waals surface area contributed by atoms with Gasteiger partial charge >= 0.3 is 6.18 Å². The Labute approximate surface area is 172 Å². The standard InChI is InChI=1S/C19H21F3N4O2.ClH/c1-12-10-16(27)17(18(28)25-8-6-14(23-2)7-9-25)24-26(12)15-5-3-4-13(11-15)19(20,21)22;/h3-5,10-11,14,23H,6-9H2,1-2H3;1H. The van der Waals surface area contributed by atoms with Gasteiger partial charge in [0.25, 0.3) is 5.91 Å². The largest absolute Gasteiger partial charge is 0.416 e. The molecule has 3 rings (SSSR count). The first-order chi connectivity index (χ1) is 13.2. The van der Waals surface area contributed by atoms with Gasteiger partial charge < -0.3 is 10.2 Å². The first-order valence-corrected chi connectivity index (χ1v) is 8.96. The van der Waals surface area contributed by atoms with Crippen LogP contribution >= 0.6 is 12.4 Å². The number of rotatable bonds is 3. The van der Waals surface area contributed by atoms with Gasteiger partial charge in [0.1, 0.15) is 0 Å². The van der Waals surface area contributed by atoms with E-state index in [9.17, 15) is 22.8 Å². The normalized spacial score (nSPS) is 15.1. The summed E-state index contributed by atoms with van der Waals surface area (Å²) in [6.45, 7) is 2.53. The summed E-state index contributed by atoms with van der Waals surface area (Å²) in [5.41, 5.74) is -1.18. The number of halogens is 4. The van der Waals surface area contributed by atoms with E-state index in [-0.39, 0.29) is 23.8 Å². The maximum Gasteiger partial charge on any atom is 0.416 e. The number of alkyl halides is 3. The SMILES string of the molecule is CNC1CCN(C(=O)c2nn(-c3cccc(C(F)(F)F)c3)c(C)cc2=O)CC1.Cl. The van der Waals surface area contributed by atoms with Crippen LogP contribution in [-0.2, 0) is 6.18 Å². The smallest absolute Gasteiger partial charge is 0.337 e. The van der Waals surface area contributed by atoms with Gasteiger partial charge in [-0.2, -0.15) is 18.3 Å². The summed E-state index contributed by atoms with van der Waals surface area (Å²) < 4.78 is 40.2. The monoisotopic (exact) mass is 430 g/mol. The van der Waals surface area contributed by atoms with Crippen LogP contribution in [-0.4, -0.2) is 46.8 Å². The molecule has 6 nitrogen and oxygen atoms in total. The van der Waals surface area contributed by atoms with Crippen molar-refractivity contribution in [3.8, 4) is 5.69 Å². The lowest BCUT2D eigenvalue weighted by atomic mass is 10.1. The second-order valence-corrected chi connectivity index (χ2v) is 6.81. The summed E-state index contributed by atoms with van der Waals surface area (Å²) >= 11 is 0. The highest BCUT2D eigenvalue weighted by Gasteiger charge is 2.31. The van der Waals surface area contributed by atoms with Crippen LogP contribution in [0.25, 0.3) is 5.69 Å². The van der Waals surface area contributed by atoms with Crippen LogP contribution < -0.4 is 10.7 Å². The quantitative estimate of drug-likeness (QED) is 0.813. The molecule has 0 atom stereocenters. The number of nitrogens with zero attached hydrogens (tertiary/aromatic N) is 3. The first kappa shape index (κ1) is 22.9. The molecule has 1 amide bonds. The molecule has 0 spiro atoms. The Hall–Kier alpha value is -2.39. The number of carbonyl (C=O) groups is 1. The number of benzene rings is 1. The van der Waals surface area contributed by atoms with Crippen molar-refractivity contribution in [1.29, 1.82) is 0 Å². The van der Waals surface area contributed by atoms with Crippen LogP contribution in [0.4, 0.5) is 13.2 Å². The molecule has 0 saturated carbocycles. The number of amides is 1. The third kappa shape index (κ3) is 4.97. The molecule has 29 heavy (non-hydrogen) atoms. The summed E-state index contributed by atoms with van der Waals surface area (Å²) in [5, 5.41) is 7.27. The number of likely N-dealkylation sites (tertiary alicyclic amines) is 1. The summed E-state index contributed by atoms with van der Waals surface area (Å²) in [4.78, 5) is 26.7. The van der Waals surface area contributed by atoms with Crippen LogP contribution in [0.1, 0.15) is 34.6 Å². The van der Waals surface area contributed by atoms with E-state index in [1.807, 2.05) is 7.05 Å². The number of piperidine rings is 1. The molecule has 1 aliphatic heterocycles. The molecule has 1 saturated heterocycles. The molecule has 1 aromatic carbocycles. The maximum absolute atomic E-state index is 13.0. The summed E-state index contributed by atoms with van der Waals surface area (Å²) in [6.07, 6.45) is -2.98. The molecule has 0 radical (unpaired) electrons. The minimum atomic E-state index is -4.50. The van der Waals surface area contributed by atoms with E-state index in [0.29, 0.717) is 24.8 Å². The lowest BCUT2D eigenvalue weighted by Crippen LogP contribution is -2.45. The van der Waals surface area contributed by atoms with Crippen molar-refractivity contribution >= 4 is 18.3 Å². The molecule has 0 unspecified atom stereocenters. The Balaban J connectivity index is 0.00000300. The van der Waals surface area contributed by atoms with Gasteiger partial charge in [-0.15, -0.1) is 12.4 Å². The van der Waals surface area contributed by atoms with Crippen molar-refractivity contribution in [2.45, 2.75) is 32.0 Å². The number of carbonyl (C=O) groups excluding carboxylic acids is 1. The van der Waals surface area contributed by atoms with Gasteiger partial charge in [-0.1, -0.05) is 6.07 Å². The van der Waals surface area contributed by atoms with Crippen LogP contribution in [0.2, 0.25) is 0 Å². The van der Waals surface area contributed by atoms with E-state index in [1.165, 1.54) is 22.9 Å². The molecule has 158 valence electrons. The van der Waals surface area contributed by atoms with Crippen molar-refractivity contribution in [2.75, 3.05) is 20.1 Å². The zero-order valence-electron chi connectivity index (χ0n) is 16.0. The molecule has 10 heteroatoms. The molecule has 2 aromatic rings. The number of aromatic nitrogens is 2. The average molecular weight is 431 g/mol. The van der Waals surface area contributed by atoms with Crippen molar-refractivity contribution in [2.24, 2.45) is 0 Å². The molecule has 2 heterocycles. The van der Waals surface area contributed by atoms with E-state index in [4.69, 9.17) is 0 Å². The highest BCUT2D eigenvalue weighted by Crippen LogP contribution is 2.30. The zero-order chi connectivity index (χ0) is 20.5. The Morgan fingerprint density at radius 2 is 1.86 bits per heavy atom. The van der Waals surface area contributed by atoms with Gasteiger partial charge in [0.05, 0.1) is 11.3 Å². The third-order valence-corrected chi connectivity index (χ3v) is 4.92. The molecule has 1 aliphatic rings. The van der Waals surface area contributed by atoms with Gasteiger partial charge in [0.15, 0.2) is 5.69 Å². The molecule has 1 N–H and O–H groups in total. The van der Waals surface area contributed by atoms with Crippen molar-refractivity contribution in [3.05, 3.63) is 57.5 Å². The van der Waals surface area contributed by atoms with Gasteiger partial charge in [-0.25, -0.2) is 4.68 Å². The number of hydrogen-bond acceptors (Lipinski definition) is 4. The third-order valence-electron chi connectivity index (χ3n) is 4.92. The van der Waals surface area contributed by atoms with Crippen LogP contribution in [0.3, 0.4) is 0 Å². The predicted molar refractivity (Wildman–Crippen MR) is 105 cm³/mol. The first-order valence-electron chi connectivity index (χ1n) is 8.96. The predicted octanol–water partition coefficient (Wildman–Crippen LogP) is 2.81. The fourth-order valence-corrected chi connectivity index (χ4v) is 3.29. The lowest BCUT2D eigenvalue weighted by Gasteiger charge is -2.31. The molecular weight excluding hydrogens is 409 g/mol. The van der Waals surface area contributed by atoms with E-state index in [0.717, 1.165) is 25.0 Å². The molecular formula is C19H22ClF3N4O2. The topological polar surface area (TPSA) is 67.2 Å². The zero-order valence-corrected chi connectivity index (χ0v) is 16.8. The van der Waals surface area contributed by atoms with E-state index < -0.39 is 23.1 Å². The number of aryl methyl sites for hydroxylation is 1. The van der Waals surface area contributed by atoms with E-state index in [2.05, 4.69) is 10.4 Å². The van der Waals surface area contributed by atoms with Crippen molar-refractivity contribution < 1.29 is 18.0 Å². The van der Waals surface area contributed by atoms with Crippen LogP contribution in [0.15, 0.2) is 35.1 Å². The summed E-state index contributed by atoms with van der Waals surface area (Å²) in [5.74, 6) is -0.500. The lowest BCUT2D eigenvalue weighted by molar-refractivity contribution is -0.137. The van der Waals surface area contributed by atoms with Crippen molar-refractivity contribution in [1.82, 2.24) is 20.0 Å². The highest BCUT2D eigenvalue weighted by atomic mass is 35.5. The fourth-order valence-electron chi connectivity index (χ4n) is 3.29. The van der Waals surface area contributed by atoms with Gasteiger partial charge in [-0.05, 0) is 45.0 Å². The molecule has 0 bridgehead atoms. The molecule has 1 aromatic heterocycles. The van der Waals surface area contributed by atoms with E-state index >= 15 is 0 Å². The number of hydrogen-bond donors (Lipinski definition) is 1. The second-order valence-electron chi connectivity index (χ2n) is 6.81. The summed E-state index contributed by atoms with van der Waals surface area (Å²) in [7, 11) is 1.86. The Kier molecular flexibility index (Phi) is 7.07. The van der Waals surface area contributed by atoms with Gasteiger partial charge in [-0.3, -0.25) is 9.59 Å². The highest BCUT2D eigenvalue weighted by molar-refractivity contribution is 5.92. The average Bonchev–Trinajstić information content (AvgIpc) is 2.67. The molecule has 1 fully saturated rings. The number of nitrogens with one attached hydrogen (secondary N) is 1. The minimum absolute atomic E-state index is 0. The Bertz CT molecular complexity index is 938. The van der Waals surface area contributed by atoms with Crippen LogP contribution in [0, 0.1) is 6.92 Å². The van der Waals surface area contributed by atoms with Crippen molar-refractivity contribution in [3.63, 3.8) is 0 Å². The Morgan fingerprint density at radius 1 is 1.21 bits per heavy atom. The Morgan fingerprint density at radius 3 is 2.45 bits per heavy atom. The molecule has 0 aliphatic carbocycles. The summed E-state index contributed by atoms with van der Waals surface area (Å²) in [6, 6.07) is 6.15. The maximum atomic E-state index is 13.0. The second kappa shape index (κ2) is 8.96. The van der Waals surface area contributed by atoms with Crippen LogP contribution in [0.5, 0.6) is 0 Å². The van der Waals surface area contributed by atoms with Gasteiger partial charge in [0, 0.05) is 30.9 Å². The van der Waals surface area contributed by atoms with E-state index in [1.54, 1.807) is 11.8 Å². The minimum Gasteiger partial charge on any atom is -0.337 e. The fraction of sp³-hybridized carbons (Fsp3) is 0.421.